The van der Waals surface area contributed by atoms with Crippen LogP contribution in [0.25, 0.3) is 21.9 Å². The molecule has 1 aliphatic heterocycles. The number of nitrogens with one attached hydrogen (secondary N) is 1. The standard InChI is InChI=1S/C30H32N4O5/c1-16(28(32)36)14-34-15-25-22(30(34)38)10-5-17-3-4-18(11-23(17)25)19-12-24(27(31)26(13-19)39-2)29(37)33-20-6-8-21(35)9-7-20/h3-5,10-13,20-21,35H,1,6-9,14-15,31H2,2H3,(H2,32,36)(H,33,37)/t20-,21-. The monoisotopic (exact) mass is 528 g/mol. The Kier molecular flexibility index (Phi) is 7.01. The number of ether oxygens (including phenoxy) is 1. The van der Waals surface area contributed by atoms with E-state index in [-0.39, 0.29) is 41.8 Å². The second-order valence-corrected chi connectivity index (χ2v) is 10.3. The molecule has 3 aromatic rings. The number of aliphatic hydroxyl groups is 1. The molecule has 1 saturated carbocycles. The molecule has 3 amide bonds. The topological polar surface area (TPSA) is 148 Å². The Hall–Kier alpha value is -4.37. The first-order chi connectivity index (χ1) is 18.7. The third-order valence-corrected chi connectivity index (χ3v) is 7.70. The molecule has 0 bridgehead atoms. The third kappa shape index (κ3) is 5.05. The fourth-order valence-corrected chi connectivity index (χ4v) is 5.43. The minimum atomic E-state index is -0.635. The third-order valence-electron chi connectivity index (χ3n) is 7.70. The van der Waals surface area contributed by atoms with Crippen LogP contribution in [0.5, 0.6) is 5.75 Å². The molecular weight excluding hydrogens is 496 g/mol. The molecular formula is C30H32N4O5. The summed E-state index contributed by atoms with van der Waals surface area (Å²) in [6.07, 6.45) is 2.42. The fourth-order valence-electron chi connectivity index (χ4n) is 5.43. The second-order valence-electron chi connectivity index (χ2n) is 10.3. The highest BCUT2D eigenvalue weighted by Crippen LogP contribution is 2.37. The summed E-state index contributed by atoms with van der Waals surface area (Å²) in [5.74, 6) is -0.708. The lowest BCUT2D eigenvalue weighted by Crippen LogP contribution is -2.38. The molecule has 9 heteroatoms. The summed E-state index contributed by atoms with van der Waals surface area (Å²) >= 11 is 0. The maximum absolute atomic E-state index is 13.2. The number of fused-ring (bicyclic) bond motifs is 3. The number of carbonyl (C=O) groups is 3. The van der Waals surface area contributed by atoms with Crippen molar-refractivity contribution >= 4 is 34.2 Å². The first kappa shape index (κ1) is 26.2. The normalized spacial score (nSPS) is 18.6. The van der Waals surface area contributed by atoms with Crippen molar-refractivity contribution in [3.05, 3.63) is 71.3 Å². The molecule has 1 aliphatic carbocycles. The number of aliphatic hydroxyl groups excluding tert-OH is 1. The zero-order valence-corrected chi connectivity index (χ0v) is 21.8. The number of carbonyl (C=O) groups excluding carboxylic acids is 3. The second kappa shape index (κ2) is 10.4. The predicted molar refractivity (Wildman–Crippen MR) is 149 cm³/mol. The van der Waals surface area contributed by atoms with Crippen molar-refractivity contribution in [1.82, 2.24) is 10.2 Å². The van der Waals surface area contributed by atoms with Gasteiger partial charge in [-0.25, -0.2) is 0 Å². The quantitative estimate of drug-likeness (QED) is 0.274. The Morgan fingerprint density at radius 2 is 1.82 bits per heavy atom. The van der Waals surface area contributed by atoms with Crippen LogP contribution < -0.4 is 21.5 Å². The van der Waals surface area contributed by atoms with Crippen molar-refractivity contribution in [3.63, 3.8) is 0 Å². The van der Waals surface area contributed by atoms with Crippen LogP contribution in [-0.4, -0.2) is 53.5 Å². The lowest BCUT2D eigenvalue weighted by atomic mass is 9.92. The highest BCUT2D eigenvalue weighted by Gasteiger charge is 2.30. The van der Waals surface area contributed by atoms with Gasteiger partial charge in [-0.1, -0.05) is 24.8 Å². The number of methoxy groups -OCH3 is 1. The lowest BCUT2D eigenvalue weighted by molar-refractivity contribution is -0.114. The van der Waals surface area contributed by atoms with E-state index in [0.717, 1.165) is 27.5 Å². The molecule has 39 heavy (non-hydrogen) atoms. The van der Waals surface area contributed by atoms with Crippen molar-refractivity contribution in [3.8, 4) is 16.9 Å². The van der Waals surface area contributed by atoms with Crippen molar-refractivity contribution in [2.45, 2.75) is 44.4 Å². The lowest BCUT2D eigenvalue weighted by Gasteiger charge is -2.26. The summed E-state index contributed by atoms with van der Waals surface area (Å²) < 4.78 is 5.51. The number of benzene rings is 3. The van der Waals surface area contributed by atoms with Crippen molar-refractivity contribution in [2.75, 3.05) is 19.4 Å². The molecule has 0 spiro atoms. The van der Waals surface area contributed by atoms with E-state index < -0.39 is 5.91 Å². The van der Waals surface area contributed by atoms with Crippen LogP contribution in [0.3, 0.4) is 0 Å². The number of anilines is 1. The summed E-state index contributed by atoms with van der Waals surface area (Å²) in [6.45, 7) is 4.08. The molecule has 0 saturated heterocycles. The molecule has 1 heterocycles. The van der Waals surface area contributed by atoms with E-state index >= 15 is 0 Å². The average Bonchev–Trinajstić information content (AvgIpc) is 3.24. The molecule has 5 rings (SSSR count). The zero-order chi connectivity index (χ0) is 27.8. The predicted octanol–water partition coefficient (Wildman–Crippen LogP) is 3.13. The molecule has 9 nitrogen and oxygen atoms in total. The SMILES string of the molecule is C=C(CN1Cc2c(ccc3ccc(-c4cc(OC)c(N)c(C(=O)N[C@H]5CC[C@H](O)CC5)c4)cc23)C1=O)C(N)=O. The number of nitrogen functional groups attached to an aromatic ring is 1. The molecule has 202 valence electrons. The van der Waals surface area contributed by atoms with E-state index in [2.05, 4.69) is 11.9 Å². The van der Waals surface area contributed by atoms with Crippen molar-refractivity contribution in [1.29, 1.82) is 0 Å². The number of hydrogen-bond acceptors (Lipinski definition) is 6. The van der Waals surface area contributed by atoms with Gasteiger partial charge in [0.15, 0.2) is 0 Å². The summed E-state index contributed by atoms with van der Waals surface area (Å²) in [4.78, 5) is 39.3. The van der Waals surface area contributed by atoms with Crippen LogP contribution in [0.2, 0.25) is 0 Å². The van der Waals surface area contributed by atoms with Gasteiger partial charge in [-0.2, -0.15) is 0 Å². The summed E-state index contributed by atoms with van der Waals surface area (Å²) in [5, 5.41) is 14.7. The number of amides is 3. The number of primary amides is 1. The maximum Gasteiger partial charge on any atom is 0.254 e. The minimum Gasteiger partial charge on any atom is -0.495 e. The van der Waals surface area contributed by atoms with Gasteiger partial charge in [0.05, 0.1) is 31.0 Å². The van der Waals surface area contributed by atoms with Crippen LogP contribution >= 0.6 is 0 Å². The number of nitrogens with zero attached hydrogens (tertiary/aromatic N) is 1. The van der Waals surface area contributed by atoms with Gasteiger partial charge in [0, 0.05) is 23.7 Å². The Bertz CT molecular complexity index is 1510. The summed E-state index contributed by atoms with van der Waals surface area (Å²) in [7, 11) is 1.51. The van der Waals surface area contributed by atoms with Gasteiger partial charge in [-0.3, -0.25) is 14.4 Å². The van der Waals surface area contributed by atoms with Crippen LogP contribution in [0.15, 0.2) is 54.6 Å². The molecule has 3 aromatic carbocycles. The van der Waals surface area contributed by atoms with E-state index in [1.165, 1.54) is 7.11 Å². The van der Waals surface area contributed by atoms with E-state index in [1.807, 2.05) is 24.3 Å². The Balaban J connectivity index is 1.49. The highest BCUT2D eigenvalue weighted by molar-refractivity contribution is 6.06. The van der Waals surface area contributed by atoms with Gasteiger partial charge in [0.2, 0.25) is 5.91 Å². The van der Waals surface area contributed by atoms with E-state index in [0.29, 0.717) is 49.1 Å². The molecule has 0 unspecified atom stereocenters. The molecule has 0 aromatic heterocycles. The molecule has 0 radical (unpaired) electrons. The first-order valence-corrected chi connectivity index (χ1v) is 13.0. The van der Waals surface area contributed by atoms with E-state index in [4.69, 9.17) is 16.2 Å². The zero-order valence-electron chi connectivity index (χ0n) is 21.8. The Morgan fingerprint density at radius 3 is 2.51 bits per heavy atom. The van der Waals surface area contributed by atoms with E-state index in [1.54, 1.807) is 23.1 Å². The maximum atomic E-state index is 13.2. The van der Waals surface area contributed by atoms with Crippen molar-refractivity contribution < 1.29 is 24.2 Å². The van der Waals surface area contributed by atoms with Gasteiger partial charge < -0.3 is 31.5 Å². The molecule has 0 atom stereocenters. The van der Waals surface area contributed by atoms with Gasteiger partial charge >= 0.3 is 0 Å². The number of hydrogen-bond donors (Lipinski definition) is 4. The number of nitrogens with two attached hydrogens (primary N) is 2. The largest absolute Gasteiger partial charge is 0.495 e. The smallest absolute Gasteiger partial charge is 0.254 e. The van der Waals surface area contributed by atoms with Gasteiger partial charge in [-0.05, 0) is 77.4 Å². The van der Waals surface area contributed by atoms with Crippen LogP contribution in [0.4, 0.5) is 5.69 Å². The average molecular weight is 529 g/mol. The summed E-state index contributed by atoms with van der Waals surface area (Å²) in [6, 6.07) is 13.1. The molecule has 2 aliphatic rings. The molecule has 6 N–H and O–H groups in total. The van der Waals surface area contributed by atoms with E-state index in [9.17, 15) is 19.5 Å². The van der Waals surface area contributed by atoms with Gasteiger partial charge in [-0.15, -0.1) is 0 Å². The fraction of sp³-hybridized carbons (Fsp3) is 0.300. The first-order valence-electron chi connectivity index (χ1n) is 13.0. The van der Waals surface area contributed by atoms with Crippen LogP contribution in [-0.2, 0) is 11.3 Å². The van der Waals surface area contributed by atoms with Crippen molar-refractivity contribution in [2.24, 2.45) is 5.73 Å². The Morgan fingerprint density at radius 1 is 1.10 bits per heavy atom. The minimum absolute atomic E-state index is 0.0238. The summed E-state index contributed by atoms with van der Waals surface area (Å²) in [5.41, 5.74) is 15.4. The van der Waals surface area contributed by atoms with Gasteiger partial charge in [0.25, 0.3) is 11.8 Å². The Labute approximate surface area is 226 Å². The van der Waals surface area contributed by atoms with Crippen LogP contribution in [0, 0.1) is 0 Å². The highest BCUT2D eigenvalue weighted by atomic mass is 16.5. The molecule has 1 fully saturated rings. The van der Waals surface area contributed by atoms with Gasteiger partial charge in [0.1, 0.15) is 5.75 Å². The van der Waals surface area contributed by atoms with Crippen LogP contribution in [0.1, 0.15) is 52.0 Å². The number of rotatable bonds is 7.